The highest BCUT2D eigenvalue weighted by atomic mass is 19.1. The summed E-state index contributed by atoms with van der Waals surface area (Å²) < 4.78 is 18.1. The van der Waals surface area contributed by atoms with Crippen LogP contribution in [0.1, 0.15) is 17.3 Å². The van der Waals surface area contributed by atoms with Crippen LogP contribution in [-0.2, 0) is 9.53 Å². The minimum Gasteiger partial charge on any atom is -0.449 e. The highest BCUT2D eigenvalue weighted by Crippen LogP contribution is 2.17. The lowest BCUT2D eigenvalue weighted by atomic mass is 10.2. The Kier molecular flexibility index (Phi) is 4.25. The number of H-pyrrole nitrogens is 1. The van der Waals surface area contributed by atoms with Crippen molar-refractivity contribution in [2.75, 3.05) is 11.1 Å². The molecule has 3 aromatic rings. The van der Waals surface area contributed by atoms with Crippen LogP contribution in [0.5, 0.6) is 0 Å². The van der Waals surface area contributed by atoms with Gasteiger partial charge in [-0.05, 0) is 25.1 Å². The van der Waals surface area contributed by atoms with Crippen LogP contribution < -0.4 is 11.1 Å². The van der Waals surface area contributed by atoms with E-state index in [0.29, 0.717) is 11.2 Å². The first kappa shape index (κ1) is 16.3. The van der Waals surface area contributed by atoms with Crippen LogP contribution in [0.3, 0.4) is 0 Å². The van der Waals surface area contributed by atoms with Gasteiger partial charge in [0.2, 0.25) is 0 Å². The van der Waals surface area contributed by atoms with Gasteiger partial charge in [-0.25, -0.2) is 24.1 Å². The van der Waals surface area contributed by atoms with Gasteiger partial charge in [0.05, 0.1) is 11.9 Å². The Morgan fingerprint density at radius 1 is 1.32 bits per heavy atom. The number of fused-ring (bicyclic) bond motifs is 1. The Labute approximate surface area is 140 Å². The zero-order valence-corrected chi connectivity index (χ0v) is 13.0. The third kappa shape index (κ3) is 3.37. The summed E-state index contributed by atoms with van der Waals surface area (Å²) in [5.41, 5.74) is 6.30. The lowest BCUT2D eigenvalue weighted by Gasteiger charge is -2.14. The fourth-order valence-electron chi connectivity index (χ4n) is 2.08. The van der Waals surface area contributed by atoms with Gasteiger partial charge in [-0.2, -0.15) is 0 Å². The molecule has 9 nitrogen and oxygen atoms in total. The topological polar surface area (TPSA) is 136 Å². The molecule has 0 aliphatic carbocycles. The number of rotatable bonds is 4. The Hall–Kier alpha value is -3.56. The molecule has 0 fully saturated rings. The number of ether oxygens (including phenoxy) is 1. The number of imidazole rings is 1. The van der Waals surface area contributed by atoms with E-state index in [2.05, 4.69) is 25.3 Å². The Morgan fingerprint density at radius 3 is 2.88 bits per heavy atom. The van der Waals surface area contributed by atoms with Crippen LogP contribution in [0.25, 0.3) is 11.2 Å². The van der Waals surface area contributed by atoms with Crippen molar-refractivity contribution >= 4 is 34.5 Å². The van der Waals surface area contributed by atoms with Gasteiger partial charge in [-0.15, -0.1) is 0 Å². The molecule has 25 heavy (non-hydrogen) atoms. The van der Waals surface area contributed by atoms with Gasteiger partial charge in [-0.1, -0.05) is 0 Å². The van der Waals surface area contributed by atoms with Crippen molar-refractivity contribution in [2.24, 2.45) is 0 Å². The average molecular weight is 344 g/mol. The van der Waals surface area contributed by atoms with E-state index < -0.39 is 23.8 Å². The number of aromatic nitrogens is 4. The Morgan fingerprint density at radius 2 is 2.12 bits per heavy atom. The summed E-state index contributed by atoms with van der Waals surface area (Å²) in [6.45, 7) is 1.39. The predicted molar refractivity (Wildman–Crippen MR) is 86.0 cm³/mol. The van der Waals surface area contributed by atoms with E-state index in [-0.39, 0.29) is 17.1 Å². The fraction of sp³-hybridized carbons (Fsp3) is 0.133. The van der Waals surface area contributed by atoms with Crippen LogP contribution in [0, 0.1) is 5.82 Å². The van der Waals surface area contributed by atoms with Crippen LogP contribution >= 0.6 is 0 Å². The average Bonchev–Trinajstić information content (AvgIpc) is 3.04. The minimum atomic E-state index is -1.13. The van der Waals surface area contributed by atoms with E-state index in [0.717, 1.165) is 12.1 Å². The molecule has 0 aliphatic heterocycles. The molecule has 1 atom stereocenters. The van der Waals surface area contributed by atoms with Crippen LogP contribution in [0.4, 0.5) is 15.9 Å². The van der Waals surface area contributed by atoms with Gasteiger partial charge in [0.1, 0.15) is 17.7 Å². The second kappa shape index (κ2) is 6.51. The monoisotopic (exact) mass is 344 g/mol. The number of halogens is 1. The number of hydrogen-bond donors (Lipinski definition) is 3. The van der Waals surface area contributed by atoms with Crippen molar-refractivity contribution in [1.82, 2.24) is 19.9 Å². The number of carbonyl (C=O) groups excluding carboxylic acids is 2. The molecule has 4 N–H and O–H groups in total. The third-order valence-electron chi connectivity index (χ3n) is 3.35. The normalized spacial score (nSPS) is 11.9. The first-order valence-electron chi connectivity index (χ1n) is 7.16. The maximum atomic E-state index is 13.0. The van der Waals surface area contributed by atoms with Crippen LogP contribution in [-0.4, -0.2) is 37.9 Å². The Balaban J connectivity index is 1.70. The quantitative estimate of drug-likeness (QED) is 0.479. The molecule has 2 heterocycles. The number of amides is 1. The van der Waals surface area contributed by atoms with Gasteiger partial charge >= 0.3 is 5.97 Å². The van der Waals surface area contributed by atoms with Gasteiger partial charge in [0, 0.05) is 5.69 Å². The molecule has 0 spiro atoms. The molecule has 0 bridgehead atoms. The summed E-state index contributed by atoms with van der Waals surface area (Å²) in [7, 11) is 0. The number of esters is 1. The molecule has 10 heteroatoms. The summed E-state index contributed by atoms with van der Waals surface area (Å²) in [4.78, 5) is 38.9. The first-order chi connectivity index (χ1) is 12.0. The van der Waals surface area contributed by atoms with Crippen molar-refractivity contribution in [3.63, 3.8) is 0 Å². The Bertz CT molecular complexity index is 957. The molecule has 0 unspecified atom stereocenters. The highest BCUT2D eigenvalue weighted by Gasteiger charge is 2.22. The number of nitrogen functional groups attached to an aromatic ring is 1. The van der Waals surface area contributed by atoms with E-state index in [1.54, 1.807) is 0 Å². The largest absolute Gasteiger partial charge is 0.449 e. The van der Waals surface area contributed by atoms with Crippen LogP contribution in [0.2, 0.25) is 0 Å². The highest BCUT2D eigenvalue weighted by molar-refractivity contribution is 6.01. The molecule has 128 valence electrons. The van der Waals surface area contributed by atoms with E-state index in [1.165, 1.54) is 25.6 Å². The summed E-state index contributed by atoms with van der Waals surface area (Å²) >= 11 is 0. The fourth-order valence-corrected chi connectivity index (χ4v) is 2.08. The summed E-state index contributed by atoms with van der Waals surface area (Å²) in [5.74, 6) is -1.82. The maximum Gasteiger partial charge on any atom is 0.341 e. The molecule has 1 aromatic carbocycles. The minimum absolute atomic E-state index is 0.0287. The van der Waals surface area contributed by atoms with E-state index in [1.807, 2.05) is 0 Å². The number of benzene rings is 1. The molecular formula is C15H13FN6O3. The zero-order chi connectivity index (χ0) is 18.0. The number of nitrogens with zero attached hydrogens (tertiary/aromatic N) is 3. The molecule has 0 radical (unpaired) electrons. The van der Waals surface area contributed by atoms with Crippen molar-refractivity contribution in [3.05, 3.63) is 42.2 Å². The molecule has 1 amide bonds. The molecule has 2 aromatic heterocycles. The lowest BCUT2D eigenvalue weighted by Crippen LogP contribution is -2.30. The van der Waals surface area contributed by atoms with E-state index in [9.17, 15) is 14.0 Å². The van der Waals surface area contributed by atoms with Gasteiger partial charge < -0.3 is 20.8 Å². The smallest absolute Gasteiger partial charge is 0.341 e. The van der Waals surface area contributed by atoms with Crippen molar-refractivity contribution in [2.45, 2.75) is 13.0 Å². The number of anilines is 2. The van der Waals surface area contributed by atoms with Gasteiger partial charge in [0.25, 0.3) is 5.91 Å². The van der Waals surface area contributed by atoms with E-state index in [4.69, 9.17) is 10.5 Å². The molecule has 3 rings (SSSR count). The van der Waals surface area contributed by atoms with E-state index >= 15 is 0 Å². The number of aromatic amines is 1. The second-order valence-electron chi connectivity index (χ2n) is 5.09. The van der Waals surface area contributed by atoms with Gasteiger partial charge in [-0.3, -0.25) is 4.79 Å². The third-order valence-corrected chi connectivity index (χ3v) is 3.35. The molecule has 0 saturated heterocycles. The first-order valence-corrected chi connectivity index (χ1v) is 7.16. The summed E-state index contributed by atoms with van der Waals surface area (Å²) in [6.07, 6.45) is 1.52. The maximum absolute atomic E-state index is 13.0. The number of carbonyl (C=O) groups is 2. The number of hydrogen-bond acceptors (Lipinski definition) is 7. The lowest BCUT2D eigenvalue weighted by molar-refractivity contribution is -0.123. The van der Waals surface area contributed by atoms with Crippen molar-refractivity contribution in [1.29, 1.82) is 0 Å². The number of nitrogens with one attached hydrogen (secondary N) is 2. The molecular weight excluding hydrogens is 331 g/mol. The molecule has 0 saturated carbocycles. The van der Waals surface area contributed by atoms with Crippen molar-refractivity contribution in [3.8, 4) is 0 Å². The van der Waals surface area contributed by atoms with Crippen LogP contribution in [0.15, 0.2) is 30.9 Å². The van der Waals surface area contributed by atoms with Gasteiger partial charge in [0.15, 0.2) is 17.6 Å². The standard InChI is InChI=1S/C15H13FN6O3/c1-7(25-15(24)9-3-2-8(16)4-10(9)17)14(23)22-13-11-12(19-5-18-11)20-6-21-13/h2-7H,17H2,1H3,(H2,18,19,20,21,22,23)/t7-/m1/s1. The predicted octanol–water partition coefficient (Wildman–Crippen LogP) is 1.26. The number of nitrogens with two attached hydrogens (primary N) is 1. The summed E-state index contributed by atoms with van der Waals surface area (Å²) in [5, 5.41) is 2.52. The molecule has 0 aliphatic rings. The second-order valence-corrected chi connectivity index (χ2v) is 5.09. The zero-order valence-electron chi connectivity index (χ0n) is 13.0. The van der Waals surface area contributed by atoms with Crippen molar-refractivity contribution < 1.29 is 18.7 Å². The summed E-state index contributed by atoms with van der Waals surface area (Å²) in [6, 6.07) is 3.26. The SMILES string of the molecule is C[C@@H](OC(=O)c1ccc(F)cc1N)C(=O)Nc1ncnc2nc[nH]c12.